The number of nitrogens with one attached hydrogen (secondary N) is 2. The molecule has 5 nitrogen and oxygen atoms in total. The van der Waals surface area contributed by atoms with Crippen LogP contribution in [-0.2, 0) is 23.0 Å². The number of anilines is 2. The van der Waals surface area contributed by atoms with Crippen molar-refractivity contribution in [2.45, 2.75) is 19.4 Å². The van der Waals surface area contributed by atoms with Gasteiger partial charge < -0.3 is 5.32 Å². The third-order valence-electron chi connectivity index (χ3n) is 4.10. The zero-order valence-corrected chi connectivity index (χ0v) is 15.8. The van der Waals surface area contributed by atoms with E-state index in [1.807, 2.05) is 60.8 Å². The summed E-state index contributed by atoms with van der Waals surface area (Å²) in [6, 6.07) is 21.0. The van der Waals surface area contributed by atoms with Crippen LogP contribution in [0, 0.1) is 0 Å². The van der Waals surface area contributed by atoms with Crippen LogP contribution in [-0.4, -0.2) is 19.2 Å². The molecule has 0 saturated heterocycles. The monoisotopic (exact) mass is 381 g/mol. The fourth-order valence-corrected chi connectivity index (χ4v) is 3.83. The van der Waals surface area contributed by atoms with Gasteiger partial charge in [-0.15, -0.1) is 0 Å². The molecule has 2 aromatic carbocycles. The highest BCUT2D eigenvalue weighted by Crippen LogP contribution is 2.16. The second-order valence-corrected chi connectivity index (χ2v) is 8.14. The summed E-state index contributed by atoms with van der Waals surface area (Å²) in [5, 5.41) is 3.29. The predicted octanol–water partition coefficient (Wildman–Crippen LogP) is 4.07. The molecule has 0 fully saturated rings. The molecular weight excluding hydrogens is 358 g/mol. The van der Waals surface area contributed by atoms with Crippen molar-refractivity contribution < 1.29 is 8.42 Å². The number of hydrogen-bond acceptors (Lipinski definition) is 4. The molecule has 6 heteroatoms. The van der Waals surface area contributed by atoms with E-state index < -0.39 is 10.0 Å². The van der Waals surface area contributed by atoms with Gasteiger partial charge in [0.15, 0.2) is 0 Å². The van der Waals surface area contributed by atoms with E-state index in [0.717, 1.165) is 23.2 Å². The Bertz CT molecular complexity index is 928. The van der Waals surface area contributed by atoms with Gasteiger partial charge in [-0.1, -0.05) is 36.4 Å². The molecule has 3 aromatic rings. The Kier molecular flexibility index (Phi) is 6.44. The normalized spacial score (nSPS) is 11.1. The highest BCUT2D eigenvalue weighted by molar-refractivity contribution is 7.92. The summed E-state index contributed by atoms with van der Waals surface area (Å²) in [6.07, 6.45) is 4.89. The number of rotatable bonds is 9. The summed E-state index contributed by atoms with van der Waals surface area (Å²) >= 11 is 0. The minimum Gasteiger partial charge on any atom is -0.381 e. The van der Waals surface area contributed by atoms with E-state index in [1.165, 1.54) is 0 Å². The summed E-state index contributed by atoms with van der Waals surface area (Å²) < 4.78 is 27.1. The molecule has 1 aromatic heterocycles. The minimum absolute atomic E-state index is 0.100. The maximum atomic E-state index is 12.3. The Morgan fingerprint density at radius 3 is 2.22 bits per heavy atom. The second-order valence-electron chi connectivity index (χ2n) is 6.30. The Morgan fingerprint density at radius 2 is 1.52 bits per heavy atom. The average Bonchev–Trinajstić information content (AvgIpc) is 2.69. The van der Waals surface area contributed by atoms with Gasteiger partial charge in [0.25, 0.3) is 0 Å². The Hall–Kier alpha value is -2.86. The molecule has 0 bridgehead atoms. The van der Waals surface area contributed by atoms with E-state index >= 15 is 0 Å². The zero-order chi connectivity index (χ0) is 19.0. The molecule has 0 saturated carbocycles. The van der Waals surface area contributed by atoms with E-state index in [9.17, 15) is 8.42 Å². The molecule has 0 radical (unpaired) electrons. The number of nitrogens with zero attached hydrogens (tertiary/aromatic N) is 1. The second kappa shape index (κ2) is 9.19. The summed E-state index contributed by atoms with van der Waals surface area (Å²) in [5.74, 6) is 0.100. The first kappa shape index (κ1) is 18.9. The molecule has 0 spiro atoms. The van der Waals surface area contributed by atoms with Gasteiger partial charge >= 0.3 is 0 Å². The van der Waals surface area contributed by atoms with E-state index in [-0.39, 0.29) is 5.75 Å². The molecule has 0 amide bonds. The highest BCUT2D eigenvalue weighted by atomic mass is 32.2. The zero-order valence-electron chi connectivity index (χ0n) is 15.0. The molecule has 0 aliphatic heterocycles. The van der Waals surface area contributed by atoms with Crippen LogP contribution in [0.25, 0.3) is 0 Å². The largest absolute Gasteiger partial charge is 0.381 e. The standard InChI is InChI=1S/C21H23N3O2S/c25-27(26,15-5-9-18-6-2-1-3-7-18)24-21-12-10-20(11-13-21)23-17-19-8-4-14-22-16-19/h1-4,6-8,10-14,16,23-24H,5,9,15,17H2. The molecule has 1 heterocycles. The first-order valence-electron chi connectivity index (χ1n) is 8.88. The number of aromatic nitrogens is 1. The van der Waals surface area contributed by atoms with Crippen molar-refractivity contribution in [3.05, 3.63) is 90.3 Å². The van der Waals surface area contributed by atoms with E-state index in [0.29, 0.717) is 18.7 Å². The average molecular weight is 382 g/mol. The smallest absolute Gasteiger partial charge is 0.232 e. The topological polar surface area (TPSA) is 71.1 Å². The van der Waals surface area contributed by atoms with Crippen molar-refractivity contribution in [1.82, 2.24) is 4.98 Å². The fourth-order valence-electron chi connectivity index (χ4n) is 2.70. The van der Waals surface area contributed by atoms with Crippen LogP contribution in [0.1, 0.15) is 17.5 Å². The summed E-state index contributed by atoms with van der Waals surface area (Å²) in [5.41, 5.74) is 3.73. The molecule has 27 heavy (non-hydrogen) atoms. The number of aryl methyl sites for hydroxylation is 1. The lowest BCUT2D eigenvalue weighted by Gasteiger charge is -2.10. The molecule has 0 aliphatic carbocycles. The molecule has 2 N–H and O–H groups in total. The summed E-state index contributed by atoms with van der Waals surface area (Å²) in [4.78, 5) is 4.08. The number of hydrogen-bond donors (Lipinski definition) is 2. The molecule has 140 valence electrons. The lowest BCUT2D eigenvalue weighted by atomic mass is 10.1. The minimum atomic E-state index is -3.35. The number of pyridine rings is 1. The molecule has 0 unspecified atom stereocenters. The molecule has 3 rings (SSSR count). The molecule has 0 atom stereocenters. The Labute approximate surface area is 160 Å². The predicted molar refractivity (Wildman–Crippen MR) is 110 cm³/mol. The fraction of sp³-hybridized carbons (Fsp3) is 0.190. The first-order chi connectivity index (χ1) is 13.1. The molecular formula is C21H23N3O2S. The first-order valence-corrected chi connectivity index (χ1v) is 10.5. The van der Waals surface area contributed by atoms with Gasteiger partial charge in [-0.25, -0.2) is 8.42 Å². The Morgan fingerprint density at radius 1 is 0.815 bits per heavy atom. The third-order valence-corrected chi connectivity index (χ3v) is 5.47. The van der Waals surface area contributed by atoms with E-state index in [4.69, 9.17) is 0 Å². The van der Waals surface area contributed by atoms with Gasteiger partial charge in [-0.05, 0) is 54.3 Å². The quantitative estimate of drug-likeness (QED) is 0.586. The number of sulfonamides is 1. The van der Waals surface area contributed by atoms with Crippen LogP contribution in [0.2, 0.25) is 0 Å². The lowest BCUT2D eigenvalue weighted by Crippen LogP contribution is -2.17. The van der Waals surface area contributed by atoms with Gasteiger partial charge in [0.1, 0.15) is 0 Å². The summed E-state index contributed by atoms with van der Waals surface area (Å²) in [6.45, 7) is 0.665. The van der Waals surface area contributed by atoms with Crippen LogP contribution in [0.5, 0.6) is 0 Å². The van der Waals surface area contributed by atoms with Gasteiger partial charge in [0.2, 0.25) is 10.0 Å². The van der Waals surface area contributed by atoms with E-state index in [2.05, 4.69) is 15.0 Å². The van der Waals surface area contributed by atoms with Crippen molar-refractivity contribution in [2.24, 2.45) is 0 Å². The van der Waals surface area contributed by atoms with Crippen molar-refractivity contribution in [1.29, 1.82) is 0 Å². The van der Waals surface area contributed by atoms with Crippen LogP contribution in [0.4, 0.5) is 11.4 Å². The Balaban J connectivity index is 1.47. The van der Waals surface area contributed by atoms with Crippen molar-refractivity contribution in [3.8, 4) is 0 Å². The van der Waals surface area contributed by atoms with E-state index in [1.54, 1.807) is 18.3 Å². The van der Waals surface area contributed by atoms with Crippen molar-refractivity contribution in [2.75, 3.05) is 15.8 Å². The SMILES string of the molecule is O=S(=O)(CCCc1ccccc1)Nc1ccc(NCc2cccnc2)cc1. The lowest BCUT2D eigenvalue weighted by molar-refractivity contribution is 0.598. The van der Waals surface area contributed by atoms with Gasteiger partial charge in [0.05, 0.1) is 5.75 Å². The third kappa shape index (κ3) is 6.42. The summed E-state index contributed by atoms with van der Waals surface area (Å²) in [7, 11) is -3.35. The maximum Gasteiger partial charge on any atom is 0.232 e. The van der Waals surface area contributed by atoms with Crippen LogP contribution in [0.3, 0.4) is 0 Å². The molecule has 0 aliphatic rings. The maximum absolute atomic E-state index is 12.3. The van der Waals surface area contributed by atoms with Gasteiger partial charge in [-0.2, -0.15) is 0 Å². The number of benzene rings is 2. The van der Waals surface area contributed by atoms with Crippen LogP contribution in [0.15, 0.2) is 79.1 Å². The van der Waals surface area contributed by atoms with Gasteiger partial charge in [0, 0.05) is 30.3 Å². The highest BCUT2D eigenvalue weighted by Gasteiger charge is 2.10. The van der Waals surface area contributed by atoms with Crippen LogP contribution >= 0.6 is 0 Å². The van der Waals surface area contributed by atoms with Gasteiger partial charge in [-0.3, -0.25) is 9.71 Å². The van der Waals surface area contributed by atoms with Crippen molar-refractivity contribution >= 4 is 21.4 Å². The van der Waals surface area contributed by atoms with Crippen molar-refractivity contribution in [3.63, 3.8) is 0 Å². The van der Waals surface area contributed by atoms with Crippen LogP contribution < -0.4 is 10.0 Å².